The molecule has 1 N–H and O–H groups in total. The molecule has 0 heterocycles. The molecule has 0 atom stereocenters. The number of aliphatic hydroxyl groups excluding tert-OH is 1. The lowest BCUT2D eigenvalue weighted by Gasteiger charge is -2.04. The third-order valence-electron chi connectivity index (χ3n) is 5.48. The summed E-state index contributed by atoms with van der Waals surface area (Å²) < 4.78 is 0. The first-order valence-electron chi connectivity index (χ1n) is 12.0. The molecule has 0 aromatic rings. The van der Waals surface area contributed by atoms with Gasteiger partial charge in [0.25, 0.3) is 0 Å². The molecule has 0 amide bonds. The van der Waals surface area contributed by atoms with Crippen LogP contribution in [0.4, 0.5) is 0 Å². The summed E-state index contributed by atoms with van der Waals surface area (Å²) in [7, 11) is 0. The smallest absolute Gasteiger partial charge is 0.119 e. The monoisotopic (exact) mass is 368 g/mol. The first kappa shape index (κ1) is 25.6. The van der Waals surface area contributed by atoms with Gasteiger partial charge in [-0.15, -0.1) is 0 Å². The predicted octanol–water partition coefficient (Wildman–Crippen LogP) is 7.76. The molecule has 0 aromatic carbocycles. The highest BCUT2D eigenvalue weighted by atomic mass is 16.2. The van der Waals surface area contributed by atoms with Crippen LogP contribution < -0.4 is 0 Å². The summed E-state index contributed by atoms with van der Waals surface area (Å²) in [4.78, 5) is 10.2. The van der Waals surface area contributed by atoms with Crippen LogP contribution in [-0.4, -0.2) is 18.0 Å². The number of carbonyl (C=O) groups is 1. The summed E-state index contributed by atoms with van der Waals surface area (Å²) in [5.41, 5.74) is 0. The Morgan fingerprint density at radius 2 is 0.615 bits per heavy atom. The van der Waals surface area contributed by atoms with Gasteiger partial charge in [-0.3, -0.25) is 0 Å². The van der Waals surface area contributed by atoms with Gasteiger partial charge in [0, 0.05) is 13.0 Å². The Balaban J connectivity index is 2.96. The SMILES string of the molecule is O=CCCCCCCCCCCCCCCCCCCCCCCCO. The molecule has 0 saturated heterocycles. The lowest BCUT2D eigenvalue weighted by molar-refractivity contribution is -0.107. The van der Waals surface area contributed by atoms with Crippen molar-refractivity contribution in [3.63, 3.8) is 0 Å². The lowest BCUT2D eigenvalue weighted by Crippen LogP contribution is -1.85. The molecule has 0 aromatic heterocycles. The molecule has 0 aliphatic rings. The molecule has 26 heavy (non-hydrogen) atoms. The zero-order valence-electron chi connectivity index (χ0n) is 17.7. The third kappa shape index (κ3) is 23.6. The van der Waals surface area contributed by atoms with Crippen molar-refractivity contribution in [2.45, 2.75) is 141 Å². The molecule has 0 saturated carbocycles. The number of aldehydes is 1. The van der Waals surface area contributed by atoms with Crippen LogP contribution in [-0.2, 0) is 4.79 Å². The summed E-state index contributed by atoms with van der Waals surface area (Å²) in [6.07, 6.45) is 30.2. The fourth-order valence-corrected chi connectivity index (χ4v) is 3.70. The maximum Gasteiger partial charge on any atom is 0.119 e. The molecule has 0 aliphatic heterocycles. The molecule has 0 radical (unpaired) electrons. The van der Waals surface area contributed by atoms with Gasteiger partial charge in [0.2, 0.25) is 0 Å². The molecular weight excluding hydrogens is 320 g/mol. The van der Waals surface area contributed by atoms with E-state index in [1.807, 2.05) is 0 Å². The van der Waals surface area contributed by atoms with Crippen LogP contribution in [0.5, 0.6) is 0 Å². The van der Waals surface area contributed by atoms with Crippen molar-refractivity contribution in [2.24, 2.45) is 0 Å². The largest absolute Gasteiger partial charge is 0.396 e. The zero-order valence-corrected chi connectivity index (χ0v) is 17.7. The van der Waals surface area contributed by atoms with Crippen molar-refractivity contribution in [3.8, 4) is 0 Å². The number of carbonyl (C=O) groups excluding carboxylic acids is 1. The molecule has 2 nitrogen and oxygen atoms in total. The second-order valence-electron chi connectivity index (χ2n) is 8.10. The highest BCUT2D eigenvalue weighted by Gasteiger charge is 1.95. The van der Waals surface area contributed by atoms with Gasteiger partial charge in [-0.1, -0.05) is 122 Å². The van der Waals surface area contributed by atoms with Gasteiger partial charge in [0.1, 0.15) is 6.29 Å². The molecule has 0 fully saturated rings. The van der Waals surface area contributed by atoms with Gasteiger partial charge >= 0.3 is 0 Å². The van der Waals surface area contributed by atoms with Crippen LogP contribution >= 0.6 is 0 Å². The summed E-state index contributed by atoms with van der Waals surface area (Å²) in [5.74, 6) is 0. The molecular formula is C24H48O2. The van der Waals surface area contributed by atoms with Gasteiger partial charge in [-0.2, -0.15) is 0 Å². The molecule has 0 spiro atoms. The van der Waals surface area contributed by atoms with E-state index in [1.165, 1.54) is 122 Å². The maximum absolute atomic E-state index is 10.2. The first-order valence-corrected chi connectivity index (χ1v) is 12.0. The summed E-state index contributed by atoms with van der Waals surface area (Å²) >= 11 is 0. The minimum absolute atomic E-state index is 0.365. The highest BCUT2D eigenvalue weighted by Crippen LogP contribution is 2.15. The van der Waals surface area contributed by atoms with E-state index in [1.54, 1.807) is 0 Å². The Kier molecular flexibility index (Phi) is 24.3. The van der Waals surface area contributed by atoms with E-state index in [9.17, 15) is 4.79 Å². The van der Waals surface area contributed by atoms with Crippen LogP contribution in [0.25, 0.3) is 0 Å². The number of rotatable bonds is 23. The van der Waals surface area contributed by atoms with E-state index in [-0.39, 0.29) is 0 Å². The van der Waals surface area contributed by atoms with Crippen molar-refractivity contribution in [2.75, 3.05) is 6.61 Å². The molecule has 0 unspecified atom stereocenters. The van der Waals surface area contributed by atoms with Gasteiger partial charge < -0.3 is 9.90 Å². The zero-order chi connectivity index (χ0) is 19.0. The Morgan fingerprint density at radius 1 is 0.385 bits per heavy atom. The van der Waals surface area contributed by atoms with Crippen LogP contribution in [0.15, 0.2) is 0 Å². The van der Waals surface area contributed by atoms with Gasteiger partial charge in [-0.25, -0.2) is 0 Å². The Labute approximate surface area is 164 Å². The minimum atomic E-state index is 0.365. The van der Waals surface area contributed by atoms with Crippen LogP contribution in [0.2, 0.25) is 0 Å². The first-order chi connectivity index (χ1) is 12.9. The van der Waals surface area contributed by atoms with E-state index in [2.05, 4.69) is 0 Å². The second kappa shape index (κ2) is 24.6. The maximum atomic E-state index is 10.2. The number of hydrogen-bond acceptors (Lipinski definition) is 2. The predicted molar refractivity (Wildman–Crippen MR) is 115 cm³/mol. The van der Waals surface area contributed by atoms with E-state index in [4.69, 9.17) is 5.11 Å². The van der Waals surface area contributed by atoms with Crippen molar-refractivity contribution in [3.05, 3.63) is 0 Å². The van der Waals surface area contributed by atoms with E-state index < -0.39 is 0 Å². The topological polar surface area (TPSA) is 37.3 Å². The fourth-order valence-electron chi connectivity index (χ4n) is 3.70. The average Bonchev–Trinajstić information content (AvgIpc) is 2.66. The Morgan fingerprint density at radius 3 is 0.846 bits per heavy atom. The van der Waals surface area contributed by atoms with Crippen LogP contribution in [0.3, 0.4) is 0 Å². The number of aliphatic hydroxyl groups is 1. The highest BCUT2D eigenvalue weighted by molar-refractivity contribution is 5.48. The summed E-state index contributed by atoms with van der Waals surface area (Å²) in [6, 6.07) is 0. The third-order valence-corrected chi connectivity index (χ3v) is 5.48. The molecule has 0 aliphatic carbocycles. The van der Waals surface area contributed by atoms with Crippen LogP contribution in [0, 0.1) is 0 Å². The number of unbranched alkanes of at least 4 members (excludes halogenated alkanes) is 21. The minimum Gasteiger partial charge on any atom is -0.396 e. The van der Waals surface area contributed by atoms with Crippen molar-refractivity contribution in [1.82, 2.24) is 0 Å². The molecule has 2 heteroatoms. The average molecular weight is 369 g/mol. The normalized spacial score (nSPS) is 11.1. The lowest BCUT2D eigenvalue weighted by atomic mass is 10.0. The second-order valence-corrected chi connectivity index (χ2v) is 8.10. The standard InChI is InChI=1S/C24H48O2/c25-23-21-19-17-15-13-11-9-7-5-3-1-2-4-6-8-10-12-14-16-18-20-22-24-26/h23,26H,1-22,24H2. The summed E-state index contributed by atoms with van der Waals surface area (Å²) in [5, 5.41) is 8.72. The van der Waals surface area contributed by atoms with E-state index in [0.29, 0.717) is 6.61 Å². The van der Waals surface area contributed by atoms with Crippen molar-refractivity contribution in [1.29, 1.82) is 0 Å². The summed E-state index contributed by atoms with van der Waals surface area (Å²) in [6.45, 7) is 0.365. The van der Waals surface area contributed by atoms with Gasteiger partial charge in [-0.05, 0) is 12.8 Å². The number of hydrogen-bond donors (Lipinski definition) is 1. The molecule has 156 valence electrons. The van der Waals surface area contributed by atoms with Gasteiger partial charge in [0.05, 0.1) is 0 Å². The molecule has 0 bridgehead atoms. The molecule has 0 rings (SSSR count). The van der Waals surface area contributed by atoms with E-state index in [0.717, 1.165) is 25.5 Å². The Bertz CT molecular complexity index is 253. The van der Waals surface area contributed by atoms with Crippen molar-refractivity contribution >= 4 is 6.29 Å². The van der Waals surface area contributed by atoms with Crippen molar-refractivity contribution < 1.29 is 9.90 Å². The van der Waals surface area contributed by atoms with E-state index >= 15 is 0 Å². The van der Waals surface area contributed by atoms with Crippen LogP contribution in [0.1, 0.15) is 141 Å². The van der Waals surface area contributed by atoms with Gasteiger partial charge in [0.15, 0.2) is 0 Å². The Hall–Kier alpha value is -0.370. The fraction of sp³-hybridized carbons (Fsp3) is 0.958. The quantitative estimate of drug-likeness (QED) is 0.148.